The maximum absolute atomic E-state index is 12.5. The topological polar surface area (TPSA) is 58.2 Å². The van der Waals surface area contributed by atoms with Gasteiger partial charge >= 0.3 is 0 Å². The van der Waals surface area contributed by atoms with Crippen molar-refractivity contribution in [1.82, 2.24) is 5.32 Å². The molecule has 0 bridgehead atoms. The molecule has 0 atom stereocenters. The monoisotopic (exact) mass is 322 g/mol. The SMILES string of the molecule is CC(=O)Nc1ccc(CC(=O)NC2(c3ccccc3)CCC2)cc1. The summed E-state index contributed by atoms with van der Waals surface area (Å²) in [6.45, 7) is 1.48. The van der Waals surface area contributed by atoms with E-state index in [1.54, 1.807) is 0 Å². The predicted octanol–water partition coefficient (Wildman–Crippen LogP) is 3.38. The Bertz CT molecular complexity index is 719. The number of anilines is 1. The summed E-state index contributed by atoms with van der Waals surface area (Å²) in [5.41, 5.74) is 2.66. The van der Waals surface area contributed by atoms with Crippen molar-refractivity contribution in [1.29, 1.82) is 0 Å². The van der Waals surface area contributed by atoms with Gasteiger partial charge in [-0.25, -0.2) is 0 Å². The Morgan fingerprint density at radius 3 is 2.21 bits per heavy atom. The van der Waals surface area contributed by atoms with Crippen LogP contribution >= 0.6 is 0 Å². The van der Waals surface area contributed by atoms with Gasteiger partial charge in [-0.15, -0.1) is 0 Å². The summed E-state index contributed by atoms with van der Waals surface area (Å²) in [6.07, 6.45) is 3.46. The average molecular weight is 322 g/mol. The first-order chi connectivity index (χ1) is 11.6. The van der Waals surface area contributed by atoms with Crippen molar-refractivity contribution >= 4 is 17.5 Å². The molecular weight excluding hydrogens is 300 g/mol. The highest BCUT2D eigenvalue weighted by molar-refractivity contribution is 5.88. The first-order valence-electron chi connectivity index (χ1n) is 8.30. The zero-order valence-corrected chi connectivity index (χ0v) is 13.8. The van der Waals surface area contributed by atoms with Crippen LogP contribution in [0.1, 0.15) is 37.3 Å². The Hall–Kier alpha value is -2.62. The normalized spacial score (nSPS) is 15.2. The van der Waals surface area contributed by atoms with Gasteiger partial charge in [-0.05, 0) is 42.5 Å². The van der Waals surface area contributed by atoms with Gasteiger partial charge in [0.15, 0.2) is 0 Å². The Morgan fingerprint density at radius 1 is 1.00 bits per heavy atom. The van der Waals surface area contributed by atoms with Gasteiger partial charge < -0.3 is 10.6 Å². The lowest BCUT2D eigenvalue weighted by atomic mass is 9.71. The van der Waals surface area contributed by atoms with Crippen molar-refractivity contribution in [3.8, 4) is 0 Å². The lowest BCUT2D eigenvalue weighted by molar-refractivity contribution is -0.123. The second-order valence-corrected chi connectivity index (χ2v) is 6.40. The highest BCUT2D eigenvalue weighted by atomic mass is 16.2. The van der Waals surface area contributed by atoms with E-state index in [0.717, 1.165) is 30.5 Å². The predicted molar refractivity (Wildman–Crippen MR) is 94.6 cm³/mol. The van der Waals surface area contributed by atoms with Crippen LogP contribution in [0.5, 0.6) is 0 Å². The van der Waals surface area contributed by atoms with Crippen molar-refractivity contribution < 1.29 is 9.59 Å². The number of nitrogens with one attached hydrogen (secondary N) is 2. The van der Waals surface area contributed by atoms with E-state index in [4.69, 9.17) is 0 Å². The number of hydrogen-bond donors (Lipinski definition) is 2. The van der Waals surface area contributed by atoms with Crippen molar-refractivity contribution in [2.24, 2.45) is 0 Å². The minimum Gasteiger partial charge on any atom is -0.346 e. The van der Waals surface area contributed by atoms with Gasteiger partial charge in [-0.3, -0.25) is 9.59 Å². The van der Waals surface area contributed by atoms with Crippen molar-refractivity contribution in [3.63, 3.8) is 0 Å². The summed E-state index contributed by atoms with van der Waals surface area (Å²) < 4.78 is 0. The molecule has 2 aromatic carbocycles. The van der Waals surface area contributed by atoms with Crippen LogP contribution in [0.15, 0.2) is 54.6 Å². The summed E-state index contributed by atoms with van der Waals surface area (Å²) in [7, 11) is 0. The maximum Gasteiger partial charge on any atom is 0.225 e. The van der Waals surface area contributed by atoms with Gasteiger partial charge in [0, 0.05) is 12.6 Å². The van der Waals surface area contributed by atoms with Crippen LogP contribution in [0.3, 0.4) is 0 Å². The summed E-state index contributed by atoms with van der Waals surface area (Å²) >= 11 is 0. The van der Waals surface area contributed by atoms with Crippen LogP contribution in [0.25, 0.3) is 0 Å². The van der Waals surface area contributed by atoms with Crippen molar-refractivity contribution in [3.05, 3.63) is 65.7 Å². The zero-order valence-electron chi connectivity index (χ0n) is 13.8. The molecule has 0 radical (unpaired) electrons. The van der Waals surface area contributed by atoms with Crippen LogP contribution in [-0.2, 0) is 21.5 Å². The number of hydrogen-bond acceptors (Lipinski definition) is 2. The van der Waals surface area contributed by atoms with Crippen LogP contribution in [0.2, 0.25) is 0 Å². The molecule has 1 fully saturated rings. The lowest BCUT2D eigenvalue weighted by Crippen LogP contribution is -2.51. The quantitative estimate of drug-likeness (QED) is 0.886. The van der Waals surface area contributed by atoms with E-state index in [1.165, 1.54) is 12.5 Å². The fourth-order valence-electron chi connectivity index (χ4n) is 3.18. The lowest BCUT2D eigenvalue weighted by Gasteiger charge is -2.43. The molecule has 4 nitrogen and oxygen atoms in total. The third kappa shape index (κ3) is 3.65. The minimum atomic E-state index is -0.200. The van der Waals surface area contributed by atoms with E-state index in [2.05, 4.69) is 22.8 Å². The molecule has 1 aliphatic carbocycles. The first-order valence-corrected chi connectivity index (χ1v) is 8.30. The largest absolute Gasteiger partial charge is 0.346 e. The molecule has 2 aromatic rings. The summed E-state index contributed by atoms with van der Waals surface area (Å²) in [6, 6.07) is 17.6. The van der Waals surface area contributed by atoms with Crippen molar-refractivity contribution in [2.45, 2.75) is 38.1 Å². The molecule has 0 saturated heterocycles. The summed E-state index contributed by atoms with van der Waals surface area (Å²) in [4.78, 5) is 23.5. The standard InChI is InChI=1S/C20H22N2O2/c1-15(23)21-18-10-8-16(9-11-18)14-19(24)22-20(12-5-13-20)17-6-3-2-4-7-17/h2-4,6-11H,5,12-14H2,1H3,(H,21,23)(H,22,24). The zero-order chi connectivity index (χ0) is 17.0. The smallest absolute Gasteiger partial charge is 0.225 e. The molecule has 0 unspecified atom stereocenters. The van der Waals surface area contributed by atoms with Crippen LogP contribution in [-0.4, -0.2) is 11.8 Å². The number of carbonyl (C=O) groups is 2. The second kappa shape index (κ2) is 6.87. The van der Waals surface area contributed by atoms with E-state index in [0.29, 0.717) is 6.42 Å². The van der Waals surface area contributed by atoms with E-state index >= 15 is 0 Å². The summed E-state index contributed by atoms with van der Waals surface area (Å²) in [5, 5.41) is 5.96. The molecule has 3 rings (SSSR count). The molecule has 124 valence electrons. The number of carbonyl (C=O) groups excluding carboxylic acids is 2. The Kier molecular flexibility index (Phi) is 4.65. The molecule has 0 aromatic heterocycles. The molecule has 0 heterocycles. The molecule has 2 amide bonds. The molecule has 1 saturated carbocycles. The summed E-state index contributed by atoms with van der Waals surface area (Å²) in [5.74, 6) is -0.0684. The Balaban J connectivity index is 1.64. The minimum absolute atomic E-state index is 0.0332. The number of rotatable bonds is 5. The van der Waals surface area contributed by atoms with E-state index in [1.807, 2.05) is 42.5 Å². The fraction of sp³-hybridized carbons (Fsp3) is 0.300. The molecular formula is C20H22N2O2. The molecule has 0 aliphatic heterocycles. The third-order valence-corrected chi connectivity index (χ3v) is 4.55. The van der Waals surface area contributed by atoms with E-state index in [9.17, 15) is 9.59 Å². The van der Waals surface area contributed by atoms with Gasteiger partial charge in [0.1, 0.15) is 0 Å². The van der Waals surface area contributed by atoms with Gasteiger partial charge in [-0.1, -0.05) is 42.5 Å². The molecule has 24 heavy (non-hydrogen) atoms. The Labute approximate surface area is 142 Å². The molecule has 0 spiro atoms. The third-order valence-electron chi connectivity index (χ3n) is 4.55. The number of amides is 2. The van der Waals surface area contributed by atoms with E-state index in [-0.39, 0.29) is 17.4 Å². The van der Waals surface area contributed by atoms with Crippen LogP contribution < -0.4 is 10.6 Å². The van der Waals surface area contributed by atoms with Crippen LogP contribution in [0.4, 0.5) is 5.69 Å². The molecule has 1 aliphatic rings. The first kappa shape index (κ1) is 16.2. The highest BCUT2D eigenvalue weighted by Gasteiger charge is 2.39. The van der Waals surface area contributed by atoms with Crippen LogP contribution in [0, 0.1) is 0 Å². The highest BCUT2D eigenvalue weighted by Crippen LogP contribution is 2.41. The van der Waals surface area contributed by atoms with Crippen molar-refractivity contribution in [2.75, 3.05) is 5.32 Å². The fourth-order valence-corrected chi connectivity index (χ4v) is 3.18. The second-order valence-electron chi connectivity index (χ2n) is 6.40. The molecule has 4 heteroatoms. The van der Waals surface area contributed by atoms with Gasteiger partial charge in [0.2, 0.25) is 11.8 Å². The molecule has 2 N–H and O–H groups in total. The van der Waals surface area contributed by atoms with Gasteiger partial charge in [-0.2, -0.15) is 0 Å². The number of benzene rings is 2. The Morgan fingerprint density at radius 2 is 1.67 bits per heavy atom. The maximum atomic E-state index is 12.5. The van der Waals surface area contributed by atoms with Gasteiger partial charge in [0.05, 0.1) is 12.0 Å². The average Bonchev–Trinajstić information content (AvgIpc) is 2.53. The van der Waals surface area contributed by atoms with Gasteiger partial charge in [0.25, 0.3) is 0 Å². The van der Waals surface area contributed by atoms with E-state index < -0.39 is 0 Å².